The number of rotatable bonds is 6. The minimum atomic E-state index is -0.886. The summed E-state index contributed by atoms with van der Waals surface area (Å²) in [7, 11) is 0. The Morgan fingerprint density at radius 3 is 2.75 bits per heavy atom. The van der Waals surface area contributed by atoms with Gasteiger partial charge in [0.2, 0.25) is 0 Å². The molecule has 0 saturated heterocycles. The lowest BCUT2D eigenvalue weighted by Gasteiger charge is -2.30. The summed E-state index contributed by atoms with van der Waals surface area (Å²) in [6, 6.07) is 1.67. The summed E-state index contributed by atoms with van der Waals surface area (Å²) in [5, 5.41) is 14.2. The van der Waals surface area contributed by atoms with Crippen LogP contribution in [0.5, 0.6) is 0 Å². The van der Waals surface area contributed by atoms with E-state index in [-0.39, 0.29) is 5.54 Å². The molecule has 0 aliphatic heterocycles. The van der Waals surface area contributed by atoms with Gasteiger partial charge in [0, 0.05) is 17.5 Å². The normalized spacial score (nSPS) is 13.4. The van der Waals surface area contributed by atoms with Crippen molar-refractivity contribution in [2.45, 2.75) is 52.5 Å². The van der Waals surface area contributed by atoms with Crippen molar-refractivity contribution in [3.63, 3.8) is 0 Å². The first-order valence-corrected chi connectivity index (χ1v) is 7.87. The topological polar surface area (TPSA) is 49.3 Å². The number of unbranched alkanes of at least 4 members (excludes halogenated alkanes) is 2. The molecule has 0 aliphatic rings. The first-order valence-electron chi connectivity index (χ1n) is 6.99. The molecule has 3 nitrogen and oxygen atoms in total. The Morgan fingerprint density at radius 1 is 1.55 bits per heavy atom. The molecule has 4 heteroatoms. The highest BCUT2D eigenvalue weighted by molar-refractivity contribution is 7.12. The molecular weight excluding hydrogens is 270 g/mol. The molecule has 1 rings (SSSR count). The molecule has 0 radical (unpaired) electrons. The molecule has 0 fully saturated rings. The van der Waals surface area contributed by atoms with E-state index in [9.17, 15) is 4.79 Å². The second-order valence-electron chi connectivity index (χ2n) is 5.39. The maximum absolute atomic E-state index is 10.9. The van der Waals surface area contributed by atoms with Gasteiger partial charge in [-0.15, -0.1) is 17.3 Å². The standard InChI is InChI=1S/C16H23NO2S/c1-5-6-7-8-9-16(4,12(2)3)17-13-10-14(15(18)19)20-11-13/h10-12,17H,5-7H2,1-4H3,(H,18,19). The van der Waals surface area contributed by atoms with E-state index in [1.54, 1.807) is 6.07 Å². The van der Waals surface area contributed by atoms with Crippen molar-refractivity contribution in [1.29, 1.82) is 0 Å². The lowest BCUT2D eigenvalue weighted by Crippen LogP contribution is -2.38. The summed E-state index contributed by atoms with van der Waals surface area (Å²) in [4.78, 5) is 11.3. The van der Waals surface area contributed by atoms with Gasteiger partial charge in [-0.1, -0.05) is 33.1 Å². The highest BCUT2D eigenvalue weighted by atomic mass is 32.1. The van der Waals surface area contributed by atoms with Crippen LogP contribution in [0.25, 0.3) is 0 Å². The van der Waals surface area contributed by atoms with Crippen LogP contribution in [0.1, 0.15) is 56.6 Å². The van der Waals surface area contributed by atoms with Gasteiger partial charge in [0.15, 0.2) is 0 Å². The van der Waals surface area contributed by atoms with E-state index >= 15 is 0 Å². The Hall–Kier alpha value is -1.47. The van der Waals surface area contributed by atoms with Gasteiger partial charge in [0.1, 0.15) is 4.88 Å². The van der Waals surface area contributed by atoms with Crippen LogP contribution >= 0.6 is 11.3 Å². The van der Waals surface area contributed by atoms with Crippen molar-refractivity contribution < 1.29 is 9.90 Å². The summed E-state index contributed by atoms with van der Waals surface area (Å²) >= 11 is 1.23. The first-order chi connectivity index (χ1) is 9.39. The second kappa shape index (κ2) is 7.35. The third-order valence-electron chi connectivity index (χ3n) is 3.37. The van der Waals surface area contributed by atoms with Crippen LogP contribution in [0.15, 0.2) is 11.4 Å². The number of carboxylic acids is 1. The van der Waals surface area contributed by atoms with Crippen LogP contribution in [-0.4, -0.2) is 16.6 Å². The molecule has 0 aliphatic carbocycles. The highest BCUT2D eigenvalue weighted by Crippen LogP contribution is 2.26. The van der Waals surface area contributed by atoms with Gasteiger partial charge in [-0.05, 0) is 25.3 Å². The van der Waals surface area contributed by atoms with E-state index in [1.807, 2.05) is 5.38 Å². The van der Waals surface area contributed by atoms with E-state index in [4.69, 9.17) is 5.11 Å². The predicted octanol–water partition coefficient (Wildman–Crippen LogP) is 4.47. The number of carbonyl (C=O) groups is 1. The first kappa shape index (κ1) is 16.6. The van der Waals surface area contributed by atoms with Gasteiger partial charge >= 0.3 is 5.97 Å². The smallest absolute Gasteiger partial charge is 0.345 e. The number of anilines is 1. The van der Waals surface area contributed by atoms with E-state index in [0.29, 0.717) is 10.8 Å². The molecular formula is C16H23NO2S. The molecule has 1 atom stereocenters. The number of hydrogen-bond donors (Lipinski definition) is 2. The molecule has 2 N–H and O–H groups in total. The summed E-state index contributed by atoms with van der Waals surface area (Å²) in [6.07, 6.45) is 3.17. The van der Waals surface area contributed by atoms with E-state index in [0.717, 1.165) is 24.9 Å². The maximum atomic E-state index is 10.9. The van der Waals surface area contributed by atoms with Crippen LogP contribution in [0.4, 0.5) is 5.69 Å². The lowest BCUT2D eigenvalue weighted by molar-refractivity contribution is 0.0702. The number of nitrogens with one attached hydrogen (secondary N) is 1. The molecule has 1 aromatic heterocycles. The highest BCUT2D eigenvalue weighted by Gasteiger charge is 2.26. The molecule has 110 valence electrons. The molecule has 0 spiro atoms. The Kier molecular flexibility index (Phi) is 6.09. The Bertz CT molecular complexity index is 510. The summed E-state index contributed by atoms with van der Waals surface area (Å²) in [5.41, 5.74) is 0.485. The molecule has 1 aromatic rings. The van der Waals surface area contributed by atoms with Crippen LogP contribution < -0.4 is 5.32 Å². The third-order valence-corrected chi connectivity index (χ3v) is 4.29. The number of aromatic carboxylic acids is 1. The zero-order valence-corrected chi connectivity index (χ0v) is 13.4. The fourth-order valence-electron chi connectivity index (χ4n) is 1.64. The Labute approximate surface area is 125 Å². The average molecular weight is 293 g/mol. The zero-order valence-electron chi connectivity index (χ0n) is 12.6. The molecule has 0 aromatic carbocycles. The van der Waals surface area contributed by atoms with Crippen molar-refractivity contribution in [3.8, 4) is 11.8 Å². The molecule has 1 unspecified atom stereocenters. The number of carboxylic acid groups (broad SMARTS) is 1. The van der Waals surface area contributed by atoms with Gasteiger partial charge in [-0.2, -0.15) is 0 Å². The van der Waals surface area contributed by atoms with E-state index in [2.05, 4.69) is 44.9 Å². The minimum absolute atomic E-state index is 0.324. The van der Waals surface area contributed by atoms with E-state index in [1.165, 1.54) is 11.3 Å². The largest absolute Gasteiger partial charge is 0.477 e. The van der Waals surface area contributed by atoms with Crippen molar-refractivity contribution in [1.82, 2.24) is 0 Å². The molecule has 20 heavy (non-hydrogen) atoms. The second-order valence-corrected chi connectivity index (χ2v) is 6.30. The fourth-order valence-corrected chi connectivity index (χ4v) is 2.32. The third kappa shape index (κ3) is 4.57. The quantitative estimate of drug-likeness (QED) is 0.601. The van der Waals surface area contributed by atoms with Crippen molar-refractivity contribution in [3.05, 3.63) is 16.3 Å². The van der Waals surface area contributed by atoms with Crippen LogP contribution in [-0.2, 0) is 0 Å². The van der Waals surface area contributed by atoms with Crippen LogP contribution in [0.2, 0.25) is 0 Å². The number of thiophene rings is 1. The fraction of sp³-hybridized carbons (Fsp3) is 0.562. The average Bonchev–Trinajstić information content (AvgIpc) is 2.83. The Balaban J connectivity index is 2.83. The lowest BCUT2D eigenvalue weighted by atomic mass is 9.88. The summed E-state index contributed by atoms with van der Waals surface area (Å²) in [6.45, 7) is 8.45. The minimum Gasteiger partial charge on any atom is -0.477 e. The summed E-state index contributed by atoms with van der Waals surface area (Å²) < 4.78 is 0. The monoisotopic (exact) mass is 293 g/mol. The predicted molar refractivity (Wildman–Crippen MR) is 85.4 cm³/mol. The SMILES string of the molecule is CCCCC#CC(C)(Nc1csc(C(=O)O)c1)C(C)C. The van der Waals surface area contributed by atoms with Crippen molar-refractivity contribution in [2.75, 3.05) is 5.32 Å². The van der Waals surface area contributed by atoms with Crippen LogP contribution in [0.3, 0.4) is 0 Å². The van der Waals surface area contributed by atoms with Crippen LogP contribution in [0, 0.1) is 17.8 Å². The van der Waals surface area contributed by atoms with Crippen molar-refractivity contribution in [2.24, 2.45) is 5.92 Å². The number of hydrogen-bond acceptors (Lipinski definition) is 3. The maximum Gasteiger partial charge on any atom is 0.345 e. The van der Waals surface area contributed by atoms with Gasteiger partial charge in [0.05, 0.1) is 5.54 Å². The van der Waals surface area contributed by atoms with Gasteiger partial charge in [0.25, 0.3) is 0 Å². The Morgan fingerprint density at radius 2 is 2.25 bits per heavy atom. The van der Waals surface area contributed by atoms with Crippen molar-refractivity contribution >= 4 is 23.0 Å². The molecule has 0 saturated carbocycles. The van der Waals surface area contributed by atoms with E-state index < -0.39 is 5.97 Å². The van der Waals surface area contributed by atoms with Gasteiger partial charge in [-0.3, -0.25) is 0 Å². The summed E-state index contributed by atoms with van der Waals surface area (Å²) in [5.74, 6) is 5.98. The molecule has 0 amide bonds. The van der Waals surface area contributed by atoms with Gasteiger partial charge < -0.3 is 10.4 Å². The van der Waals surface area contributed by atoms with Gasteiger partial charge in [-0.25, -0.2) is 4.79 Å². The molecule has 1 heterocycles. The molecule has 0 bridgehead atoms. The zero-order chi connectivity index (χ0) is 15.2.